The Morgan fingerprint density at radius 3 is 2.57 bits per heavy atom. The molecule has 0 saturated carbocycles. The predicted molar refractivity (Wildman–Crippen MR) is 150 cm³/mol. The number of nitrogens with one attached hydrogen (secondary N) is 3. The molecule has 3 rings (SSSR count). The number of nitrogens with zero attached hydrogens (tertiary/aromatic N) is 2. The summed E-state index contributed by atoms with van der Waals surface area (Å²) < 4.78 is 0. The van der Waals surface area contributed by atoms with Crippen LogP contribution in [0.4, 0.5) is 5.69 Å². The van der Waals surface area contributed by atoms with Crippen molar-refractivity contribution in [3.63, 3.8) is 0 Å². The number of amides is 3. The Balaban J connectivity index is 1.55. The van der Waals surface area contributed by atoms with Gasteiger partial charge in [0.15, 0.2) is 0 Å². The highest BCUT2D eigenvalue weighted by Crippen LogP contribution is 2.36. The minimum absolute atomic E-state index is 0.0517. The van der Waals surface area contributed by atoms with Crippen LogP contribution in [0, 0.1) is 0 Å². The van der Waals surface area contributed by atoms with Gasteiger partial charge in [0.05, 0.1) is 0 Å². The molecule has 1 aromatic rings. The number of carbonyl (C=O) groups excluding carboxylic acids is 3. The summed E-state index contributed by atoms with van der Waals surface area (Å²) in [7, 11) is 0. The zero-order valence-corrected chi connectivity index (χ0v) is 23.2. The minimum Gasteiger partial charge on any atom is -0.392 e. The van der Waals surface area contributed by atoms with Gasteiger partial charge in [-0.2, -0.15) is 0 Å². The van der Waals surface area contributed by atoms with Gasteiger partial charge in [-0.1, -0.05) is 31.7 Å². The number of nitrogens with two attached hydrogens (primary N) is 1. The van der Waals surface area contributed by atoms with E-state index in [1.54, 1.807) is 17.0 Å². The molecule has 2 fully saturated rings. The molecule has 0 aliphatic carbocycles. The molecule has 0 unspecified atom stereocenters. The van der Waals surface area contributed by atoms with Crippen LogP contribution in [0.25, 0.3) is 0 Å². The van der Waals surface area contributed by atoms with Gasteiger partial charge in [-0.25, -0.2) is 0 Å². The maximum atomic E-state index is 13.0. The summed E-state index contributed by atoms with van der Waals surface area (Å²) in [6.45, 7) is 10.7. The molecule has 5 N–H and O–H groups in total. The highest BCUT2D eigenvalue weighted by molar-refractivity contribution is 8.04. The number of anilines is 1. The fraction of sp³-hybridized carbons (Fsp3) is 0.593. The monoisotopic (exact) mass is 530 g/mol. The molecule has 3 amide bonds. The van der Waals surface area contributed by atoms with Gasteiger partial charge in [0.1, 0.15) is 16.0 Å². The summed E-state index contributed by atoms with van der Waals surface area (Å²) in [6, 6.07) is 7.34. The van der Waals surface area contributed by atoms with Crippen molar-refractivity contribution in [1.82, 2.24) is 20.4 Å². The summed E-state index contributed by atoms with van der Waals surface area (Å²) >= 11 is 1.31. The second-order valence-corrected chi connectivity index (χ2v) is 10.7. The Kier molecular flexibility index (Phi) is 11.1. The average Bonchev–Trinajstić information content (AvgIpc) is 3.55. The topological polar surface area (TPSA) is 120 Å². The van der Waals surface area contributed by atoms with Crippen LogP contribution < -0.4 is 21.7 Å². The molecule has 204 valence electrons. The number of rotatable bonds is 13. The molecule has 10 heteroatoms. The lowest BCUT2D eigenvalue weighted by Gasteiger charge is -2.19. The Labute approximate surface area is 225 Å². The maximum absolute atomic E-state index is 13.0. The quantitative estimate of drug-likeness (QED) is 0.229. The normalized spacial score (nSPS) is 19.4. The lowest BCUT2D eigenvalue weighted by Crippen LogP contribution is -2.39. The van der Waals surface area contributed by atoms with Gasteiger partial charge in [0.2, 0.25) is 5.91 Å². The van der Waals surface area contributed by atoms with Gasteiger partial charge in [-0.3, -0.25) is 14.4 Å². The third-order valence-electron chi connectivity index (χ3n) is 6.90. The molecule has 0 radical (unpaired) electrons. The van der Waals surface area contributed by atoms with Crippen LogP contribution in [-0.2, 0) is 9.59 Å². The predicted octanol–water partition coefficient (Wildman–Crippen LogP) is 2.71. The molecule has 2 aliphatic rings. The van der Waals surface area contributed by atoms with Crippen molar-refractivity contribution in [1.29, 1.82) is 0 Å². The number of hydrogen-bond donors (Lipinski definition) is 4. The fourth-order valence-corrected chi connectivity index (χ4v) is 5.84. The molecule has 2 aliphatic heterocycles. The summed E-state index contributed by atoms with van der Waals surface area (Å²) in [5.74, 6) is -0.523. The first-order chi connectivity index (χ1) is 17.9. The molecule has 9 nitrogen and oxygen atoms in total. The number of hydrogen-bond acceptors (Lipinski definition) is 7. The van der Waals surface area contributed by atoms with Gasteiger partial charge in [0.25, 0.3) is 11.8 Å². The average molecular weight is 531 g/mol. The van der Waals surface area contributed by atoms with Crippen molar-refractivity contribution in [3.05, 3.63) is 40.6 Å². The van der Waals surface area contributed by atoms with Crippen molar-refractivity contribution < 1.29 is 14.4 Å². The first kappa shape index (κ1) is 28.8. The summed E-state index contributed by atoms with van der Waals surface area (Å²) in [6.07, 6.45) is 5.11. The number of benzene rings is 1. The van der Waals surface area contributed by atoms with Crippen LogP contribution in [0.5, 0.6) is 0 Å². The summed E-state index contributed by atoms with van der Waals surface area (Å²) in [4.78, 5) is 42.3. The van der Waals surface area contributed by atoms with Crippen molar-refractivity contribution in [2.75, 3.05) is 44.6 Å². The molecular weight excluding hydrogens is 488 g/mol. The van der Waals surface area contributed by atoms with Crippen LogP contribution in [0.1, 0.15) is 63.2 Å². The minimum atomic E-state index is -0.419. The highest BCUT2D eigenvalue weighted by Gasteiger charge is 2.38. The van der Waals surface area contributed by atoms with E-state index in [0.29, 0.717) is 30.2 Å². The largest absolute Gasteiger partial charge is 0.392 e. The molecular formula is C27H42N6O3S. The van der Waals surface area contributed by atoms with E-state index < -0.39 is 5.25 Å². The molecule has 0 aromatic heterocycles. The van der Waals surface area contributed by atoms with Crippen molar-refractivity contribution in [2.24, 2.45) is 5.73 Å². The standard InChI is InChI=1S/C27H42N6O3S/c1-4-20(5-2)31-25(35)23(28)27-33(6-3)26(36)22(37-27)18-30-21-12-9-11-19(17-21)24(34)29-13-10-16-32-14-7-8-15-32/h9,11-12,17,20,22,30H,4-8,10,13-16,18,28H2,1-3H3,(H,29,34)(H,31,35)/b27-23+/t22-/m1/s1. The maximum Gasteiger partial charge on any atom is 0.270 e. The number of thioether (sulfide) groups is 1. The van der Waals surface area contributed by atoms with E-state index in [1.807, 2.05) is 32.9 Å². The second-order valence-electron chi connectivity index (χ2n) is 9.51. The first-order valence-corrected chi connectivity index (χ1v) is 14.4. The van der Waals surface area contributed by atoms with E-state index >= 15 is 0 Å². The number of carbonyl (C=O) groups is 3. The first-order valence-electron chi connectivity index (χ1n) is 13.5. The Hall–Kier alpha value is -2.72. The smallest absolute Gasteiger partial charge is 0.270 e. The molecule has 1 atom stereocenters. The van der Waals surface area contributed by atoms with Crippen LogP contribution in [-0.4, -0.2) is 78.1 Å². The summed E-state index contributed by atoms with van der Waals surface area (Å²) in [5, 5.41) is 9.31. The van der Waals surface area contributed by atoms with E-state index in [4.69, 9.17) is 5.73 Å². The third kappa shape index (κ3) is 7.88. The van der Waals surface area contributed by atoms with Crippen LogP contribution in [0.15, 0.2) is 35.0 Å². The molecule has 37 heavy (non-hydrogen) atoms. The van der Waals surface area contributed by atoms with Crippen LogP contribution in [0.3, 0.4) is 0 Å². The lowest BCUT2D eigenvalue weighted by atomic mass is 10.1. The Bertz CT molecular complexity index is 975. The molecule has 0 spiro atoms. The van der Waals surface area contributed by atoms with Gasteiger partial charge < -0.3 is 31.5 Å². The lowest BCUT2D eigenvalue weighted by molar-refractivity contribution is -0.127. The van der Waals surface area contributed by atoms with E-state index in [1.165, 1.54) is 24.6 Å². The number of likely N-dealkylation sites (tertiary alicyclic amines) is 1. The molecule has 2 saturated heterocycles. The Morgan fingerprint density at radius 1 is 1.16 bits per heavy atom. The fourth-order valence-electron chi connectivity index (χ4n) is 4.61. The summed E-state index contributed by atoms with van der Waals surface area (Å²) in [5.41, 5.74) is 7.62. The highest BCUT2D eigenvalue weighted by atomic mass is 32.2. The van der Waals surface area contributed by atoms with Gasteiger partial charge in [0, 0.05) is 36.9 Å². The van der Waals surface area contributed by atoms with E-state index in [-0.39, 0.29) is 29.5 Å². The Morgan fingerprint density at radius 2 is 1.89 bits per heavy atom. The van der Waals surface area contributed by atoms with Crippen LogP contribution in [0.2, 0.25) is 0 Å². The van der Waals surface area contributed by atoms with Crippen molar-refractivity contribution in [2.45, 2.75) is 64.2 Å². The zero-order valence-electron chi connectivity index (χ0n) is 22.3. The SMILES string of the molecule is CCC(CC)NC(=O)/C(N)=C1\S[C@H](CNc2cccc(C(=O)NCCCN3CCCC3)c2)C(=O)N1CC. The van der Waals surface area contributed by atoms with Crippen molar-refractivity contribution >= 4 is 35.2 Å². The molecule has 0 bridgehead atoms. The zero-order chi connectivity index (χ0) is 26.8. The van der Waals surface area contributed by atoms with Gasteiger partial charge in [-0.15, -0.1) is 0 Å². The van der Waals surface area contributed by atoms with E-state index in [9.17, 15) is 14.4 Å². The van der Waals surface area contributed by atoms with Crippen LogP contribution >= 0.6 is 11.8 Å². The molecule has 2 heterocycles. The third-order valence-corrected chi connectivity index (χ3v) is 8.22. The van der Waals surface area contributed by atoms with Gasteiger partial charge >= 0.3 is 0 Å². The van der Waals surface area contributed by atoms with Gasteiger partial charge in [-0.05, 0) is 76.9 Å². The molecule has 1 aromatic carbocycles. The van der Waals surface area contributed by atoms with Crippen molar-refractivity contribution in [3.8, 4) is 0 Å². The van der Waals surface area contributed by atoms with E-state index in [0.717, 1.165) is 44.6 Å². The van der Waals surface area contributed by atoms with E-state index in [2.05, 4.69) is 20.9 Å². The second kappa shape index (κ2) is 14.3.